The van der Waals surface area contributed by atoms with E-state index < -0.39 is 11.7 Å². The standard InChI is InChI=1S/C18H12F3N7/c19-18(20,21)13-3-1-2-11-10(4-5-24-15(11)13)12-8-27-17(23)28-14(12)9-6-25-16(22)26-7-9/h1-8H,(H2,22,25,26)(H2,23,27,28). The van der Waals surface area contributed by atoms with Gasteiger partial charge in [-0.3, -0.25) is 4.98 Å². The van der Waals surface area contributed by atoms with Gasteiger partial charge in [-0.2, -0.15) is 13.2 Å². The average molecular weight is 383 g/mol. The Morgan fingerprint density at radius 3 is 2.21 bits per heavy atom. The second-order valence-corrected chi connectivity index (χ2v) is 5.88. The van der Waals surface area contributed by atoms with E-state index in [1.54, 1.807) is 12.1 Å². The largest absolute Gasteiger partial charge is 0.418 e. The van der Waals surface area contributed by atoms with Crippen LogP contribution in [-0.2, 0) is 6.18 Å². The van der Waals surface area contributed by atoms with Crippen LogP contribution < -0.4 is 11.5 Å². The molecular formula is C18H12F3N7. The minimum atomic E-state index is -4.53. The Bertz CT molecular complexity index is 1170. The molecule has 0 aliphatic carbocycles. The van der Waals surface area contributed by atoms with Crippen molar-refractivity contribution in [3.05, 3.63) is 54.6 Å². The van der Waals surface area contributed by atoms with Crippen molar-refractivity contribution in [2.24, 2.45) is 0 Å². The molecule has 0 radical (unpaired) electrons. The molecule has 0 saturated carbocycles. The zero-order chi connectivity index (χ0) is 19.9. The lowest BCUT2D eigenvalue weighted by Crippen LogP contribution is -2.07. The number of hydrogen-bond acceptors (Lipinski definition) is 7. The number of para-hydroxylation sites is 1. The second kappa shape index (κ2) is 6.41. The molecule has 0 amide bonds. The Kier molecular flexibility index (Phi) is 4.03. The SMILES string of the molecule is Nc1ncc(-c2nc(N)ncc2-c2ccnc3c(C(F)(F)F)cccc23)cn1. The average Bonchev–Trinajstić information content (AvgIpc) is 2.67. The Morgan fingerprint density at radius 2 is 1.50 bits per heavy atom. The molecular weight excluding hydrogens is 371 g/mol. The van der Waals surface area contributed by atoms with Crippen LogP contribution in [-0.4, -0.2) is 24.9 Å². The lowest BCUT2D eigenvalue weighted by Gasteiger charge is -2.14. The van der Waals surface area contributed by atoms with Crippen molar-refractivity contribution < 1.29 is 13.2 Å². The van der Waals surface area contributed by atoms with Gasteiger partial charge >= 0.3 is 6.18 Å². The Labute approximate surface area is 156 Å². The summed E-state index contributed by atoms with van der Waals surface area (Å²) in [7, 11) is 0. The van der Waals surface area contributed by atoms with E-state index in [1.807, 2.05) is 0 Å². The fourth-order valence-corrected chi connectivity index (χ4v) is 2.91. The number of benzene rings is 1. The van der Waals surface area contributed by atoms with Gasteiger partial charge in [-0.1, -0.05) is 12.1 Å². The fraction of sp³-hybridized carbons (Fsp3) is 0.0556. The molecule has 0 aliphatic rings. The molecule has 0 atom stereocenters. The van der Waals surface area contributed by atoms with Crippen molar-refractivity contribution in [1.82, 2.24) is 24.9 Å². The van der Waals surface area contributed by atoms with Gasteiger partial charge in [0, 0.05) is 41.3 Å². The van der Waals surface area contributed by atoms with Gasteiger partial charge in [0.1, 0.15) is 0 Å². The highest BCUT2D eigenvalue weighted by Crippen LogP contribution is 2.38. The normalized spacial score (nSPS) is 11.7. The Morgan fingerprint density at radius 1 is 0.786 bits per heavy atom. The first-order valence-electron chi connectivity index (χ1n) is 8.00. The van der Waals surface area contributed by atoms with E-state index in [-0.39, 0.29) is 17.4 Å². The molecule has 4 aromatic rings. The van der Waals surface area contributed by atoms with E-state index in [9.17, 15) is 13.2 Å². The summed E-state index contributed by atoms with van der Waals surface area (Å²) in [6, 6.07) is 5.49. The number of nitrogen functional groups attached to an aromatic ring is 2. The fourth-order valence-electron chi connectivity index (χ4n) is 2.91. The molecule has 0 spiro atoms. The van der Waals surface area contributed by atoms with Crippen LogP contribution in [0.2, 0.25) is 0 Å². The van der Waals surface area contributed by atoms with E-state index in [0.29, 0.717) is 27.8 Å². The number of hydrogen-bond donors (Lipinski definition) is 2. The lowest BCUT2D eigenvalue weighted by atomic mass is 9.97. The molecule has 3 heterocycles. The molecule has 1 aromatic carbocycles. The summed E-state index contributed by atoms with van der Waals surface area (Å²) in [6.45, 7) is 0. The van der Waals surface area contributed by atoms with Crippen molar-refractivity contribution in [3.63, 3.8) is 0 Å². The van der Waals surface area contributed by atoms with Gasteiger partial charge in [-0.05, 0) is 17.7 Å². The van der Waals surface area contributed by atoms with Gasteiger partial charge < -0.3 is 11.5 Å². The summed E-state index contributed by atoms with van der Waals surface area (Å²) in [6.07, 6.45) is 1.14. The summed E-state index contributed by atoms with van der Waals surface area (Å²) >= 11 is 0. The minimum Gasteiger partial charge on any atom is -0.368 e. The van der Waals surface area contributed by atoms with Crippen LogP contribution >= 0.6 is 0 Å². The third-order valence-corrected chi connectivity index (χ3v) is 4.12. The van der Waals surface area contributed by atoms with E-state index in [4.69, 9.17) is 11.5 Å². The third kappa shape index (κ3) is 3.04. The molecule has 0 saturated heterocycles. The number of nitrogens with two attached hydrogens (primary N) is 2. The molecule has 7 nitrogen and oxygen atoms in total. The van der Waals surface area contributed by atoms with Crippen molar-refractivity contribution in [1.29, 1.82) is 0 Å². The van der Waals surface area contributed by atoms with Gasteiger partial charge in [-0.25, -0.2) is 19.9 Å². The van der Waals surface area contributed by atoms with Gasteiger partial charge in [0.25, 0.3) is 0 Å². The predicted octanol–water partition coefficient (Wildman–Crippen LogP) is 3.33. The maximum atomic E-state index is 13.4. The van der Waals surface area contributed by atoms with E-state index in [0.717, 1.165) is 6.07 Å². The van der Waals surface area contributed by atoms with E-state index in [1.165, 1.54) is 30.9 Å². The summed E-state index contributed by atoms with van der Waals surface area (Å²) < 4.78 is 40.1. The monoisotopic (exact) mass is 383 g/mol. The molecule has 0 unspecified atom stereocenters. The smallest absolute Gasteiger partial charge is 0.368 e. The predicted molar refractivity (Wildman–Crippen MR) is 97.6 cm³/mol. The van der Waals surface area contributed by atoms with Crippen LogP contribution in [0.25, 0.3) is 33.3 Å². The molecule has 4 rings (SSSR count). The van der Waals surface area contributed by atoms with Crippen molar-refractivity contribution in [2.75, 3.05) is 11.5 Å². The zero-order valence-electron chi connectivity index (χ0n) is 14.1. The van der Waals surface area contributed by atoms with Gasteiger partial charge in [0.05, 0.1) is 16.8 Å². The summed E-state index contributed by atoms with van der Waals surface area (Å²) in [5, 5.41) is 0.309. The molecule has 3 aromatic heterocycles. The molecule has 4 N–H and O–H groups in total. The quantitative estimate of drug-likeness (QED) is 0.545. The van der Waals surface area contributed by atoms with Gasteiger partial charge in [0.15, 0.2) is 0 Å². The molecule has 140 valence electrons. The summed E-state index contributed by atoms with van der Waals surface area (Å²) in [5.74, 6) is 0.0847. The lowest BCUT2D eigenvalue weighted by molar-refractivity contribution is -0.136. The van der Waals surface area contributed by atoms with Crippen LogP contribution in [0.3, 0.4) is 0 Å². The molecule has 10 heteroatoms. The molecule has 0 fully saturated rings. The van der Waals surface area contributed by atoms with E-state index in [2.05, 4.69) is 24.9 Å². The number of fused-ring (bicyclic) bond motifs is 1. The van der Waals surface area contributed by atoms with Crippen LogP contribution in [0.4, 0.5) is 25.1 Å². The van der Waals surface area contributed by atoms with Crippen LogP contribution in [0.5, 0.6) is 0 Å². The minimum absolute atomic E-state index is 0.00455. The van der Waals surface area contributed by atoms with Crippen LogP contribution in [0, 0.1) is 0 Å². The number of halogens is 3. The number of alkyl halides is 3. The first kappa shape index (κ1) is 17.6. The molecule has 28 heavy (non-hydrogen) atoms. The third-order valence-electron chi connectivity index (χ3n) is 4.12. The van der Waals surface area contributed by atoms with E-state index >= 15 is 0 Å². The Hall–Kier alpha value is -3.82. The Balaban J connectivity index is 2.01. The zero-order valence-corrected chi connectivity index (χ0v) is 14.1. The molecule has 0 bridgehead atoms. The molecule has 0 aliphatic heterocycles. The van der Waals surface area contributed by atoms with Crippen molar-refractivity contribution >= 4 is 22.8 Å². The maximum absolute atomic E-state index is 13.4. The highest BCUT2D eigenvalue weighted by atomic mass is 19.4. The highest BCUT2D eigenvalue weighted by Gasteiger charge is 2.33. The number of rotatable bonds is 2. The highest BCUT2D eigenvalue weighted by molar-refractivity contribution is 5.99. The van der Waals surface area contributed by atoms with Crippen LogP contribution in [0.1, 0.15) is 5.56 Å². The van der Waals surface area contributed by atoms with Gasteiger partial charge in [0.2, 0.25) is 11.9 Å². The summed E-state index contributed by atoms with van der Waals surface area (Å²) in [5.41, 5.74) is 12.1. The van der Waals surface area contributed by atoms with Crippen molar-refractivity contribution in [2.45, 2.75) is 6.18 Å². The topological polar surface area (TPSA) is 116 Å². The summed E-state index contributed by atoms with van der Waals surface area (Å²) in [4.78, 5) is 20.0. The number of anilines is 2. The van der Waals surface area contributed by atoms with Gasteiger partial charge in [-0.15, -0.1) is 0 Å². The number of pyridine rings is 1. The number of nitrogens with zero attached hydrogens (tertiary/aromatic N) is 5. The number of aromatic nitrogens is 5. The second-order valence-electron chi connectivity index (χ2n) is 5.88. The first-order valence-corrected chi connectivity index (χ1v) is 8.00. The van der Waals surface area contributed by atoms with Crippen LogP contribution in [0.15, 0.2) is 49.1 Å². The maximum Gasteiger partial charge on any atom is 0.418 e. The van der Waals surface area contributed by atoms with Crippen molar-refractivity contribution in [3.8, 4) is 22.4 Å². The first-order chi connectivity index (χ1) is 13.3.